The van der Waals surface area contributed by atoms with Gasteiger partial charge < -0.3 is 9.47 Å². The minimum absolute atomic E-state index is 0.245. The fourth-order valence-corrected chi connectivity index (χ4v) is 4.21. The highest BCUT2D eigenvalue weighted by Crippen LogP contribution is 2.31. The Bertz CT molecular complexity index is 1280. The third-order valence-electron chi connectivity index (χ3n) is 4.17. The lowest BCUT2D eigenvalue weighted by Gasteiger charge is -2.08. The van der Waals surface area contributed by atoms with Gasteiger partial charge in [-0.15, -0.1) is 10.2 Å². The van der Waals surface area contributed by atoms with Gasteiger partial charge in [0.25, 0.3) is 5.56 Å². The molecule has 0 amide bonds. The predicted octanol–water partition coefficient (Wildman–Crippen LogP) is 3.69. The van der Waals surface area contributed by atoms with E-state index in [0.29, 0.717) is 48.0 Å². The molecule has 2 aromatic heterocycles. The maximum atomic E-state index is 13.0. The average Bonchev–Trinajstić information content (AvgIpc) is 3.24. The summed E-state index contributed by atoms with van der Waals surface area (Å²) in [5.74, 6) is 1.54. The van der Waals surface area contributed by atoms with Crippen LogP contribution < -0.4 is 19.6 Å². The largest absolute Gasteiger partial charge is 0.493 e. The minimum Gasteiger partial charge on any atom is -0.493 e. The molecule has 0 saturated carbocycles. The molecule has 4 aromatic rings. The van der Waals surface area contributed by atoms with E-state index in [0.717, 1.165) is 0 Å². The molecule has 2 heterocycles. The van der Waals surface area contributed by atoms with Crippen molar-refractivity contribution in [1.82, 2.24) is 14.6 Å². The summed E-state index contributed by atoms with van der Waals surface area (Å²) in [4.78, 5) is 13.5. The molecule has 142 valence electrons. The van der Waals surface area contributed by atoms with Crippen LogP contribution in [0, 0.1) is 0 Å². The number of hydrogen-bond acceptors (Lipinski definition) is 6. The standard InChI is InChI=1S/C19H13Cl2N3O3S/c1-26-14-7-6-10(8-15(14)27-2)17-22-23-19-24(17)18(25)16(28-19)9-11-12(20)4-3-5-13(11)21/h3-9H,1-2H3/b16-9-. The topological polar surface area (TPSA) is 65.7 Å². The van der Waals surface area contributed by atoms with Crippen LogP contribution in [0.4, 0.5) is 0 Å². The Hall–Kier alpha value is -2.61. The van der Waals surface area contributed by atoms with E-state index in [1.807, 2.05) is 0 Å². The normalized spacial score (nSPS) is 11.9. The second-order valence-electron chi connectivity index (χ2n) is 5.76. The summed E-state index contributed by atoms with van der Waals surface area (Å²) in [6, 6.07) is 10.5. The van der Waals surface area contributed by atoms with Gasteiger partial charge in [-0.1, -0.05) is 40.6 Å². The summed E-state index contributed by atoms with van der Waals surface area (Å²) in [5.41, 5.74) is 1.03. The molecule has 0 bridgehead atoms. The van der Waals surface area contributed by atoms with Gasteiger partial charge in [0.15, 0.2) is 17.3 Å². The van der Waals surface area contributed by atoms with Gasteiger partial charge in [-0.2, -0.15) is 0 Å². The fraction of sp³-hybridized carbons (Fsp3) is 0.105. The smallest absolute Gasteiger partial charge is 0.276 e. The number of fused-ring (bicyclic) bond motifs is 1. The molecule has 0 spiro atoms. The van der Waals surface area contributed by atoms with Gasteiger partial charge in [-0.05, 0) is 36.4 Å². The molecular weight excluding hydrogens is 421 g/mol. The molecule has 0 N–H and O–H groups in total. The molecular formula is C19H13Cl2N3O3S. The zero-order valence-corrected chi connectivity index (χ0v) is 17.1. The van der Waals surface area contributed by atoms with Crippen LogP contribution in [0.5, 0.6) is 11.5 Å². The van der Waals surface area contributed by atoms with Crippen LogP contribution in [0.2, 0.25) is 10.0 Å². The van der Waals surface area contributed by atoms with Crippen LogP contribution >= 0.6 is 34.5 Å². The average molecular weight is 434 g/mol. The van der Waals surface area contributed by atoms with E-state index in [9.17, 15) is 4.79 Å². The quantitative estimate of drug-likeness (QED) is 0.490. The van der Waals surface area contributed by atoms with Crippen LogP contribution in [0.1, 0.15) is 5.56 Å². The lowest BCUT2D eigenvalue weighted by atomic mass is 10.2. The third-order valence-corrected chi connectivity index (χ3v) is 5.78. The molecule has 0 radical (unpaired) electrons. The number of hydrogen-bond donors (Lipinski definition) is 0. The Labute approximate surface area is 173 Å². The number of methoxy groups -OCH3 is 2. The maximum Gasteiger partial charge on any atom is 0.276 e. The van der Waals surface area contributed by atoms with Gasteiger partial charge >= 0.3 is 0 Å². The fourth-order valence-electron chi connectivity index (χ4n) is 2.80. The first-order valence-corrected chi connectivity index (χ1v) is 9.66. The first-order valence-electron chi connectivity index (χ1n) is 8.09. The molecule has 4 rings (SSSR count). The summed E-state index contributed by atoms with van der Waals surface area (Å²) in [7, 11) is 3.11. The number of rotatable bonds is 4. The lowest BCUT2D eigenvalue weighted by molar-refractivity contribution is 0.355. The molecule has 0 aliphatic rings. The van der Waals surface area contributed by atoms with E-state index < -0.39 is 0 Å². The van der Waals surface area contributed by atoms with Crippen LogP contribution in [-0.4, -0.2) is 28.8 Å². The van der Waals surface area contributed by atoms with Crippen LogP contribution in [0.3, 0.4) is 0 Å². The molecule has 6 nitrogen and oxygen atoms in total. The molecule has 0 atom stereocenters. The molecule has 9 heteroatoms. The molecule has 0 saturated heterocycles. The molecule has 0 aliphatic carbocycles. The first-order chi connectivity index (χ1) is 13.5. The molecule has 0 aliphatic heterocycles. The van der Waals surface area contributed by atoms with Crippen molar-refractivity contribution < 1.29 is 9.47 Å². The number of nitrogens with zero attached hydrogens (tertiary/aromatic N) is 3. The number of thiazole rings is 1. The SMILES string of the molecule is COc1ccc(-c2nnc3s/c(=C\c4c(Cl)cccc4Cl)c(=O)n23)cc1OC. The number of halogens is 2. The Morgan fingerprint density at radius 2 is 1.75 bits per heavy atom. The summed E-state index contributed by atoms with van der Waals surface area (Å²) in [6.07, 6.45) is 1.67. The summed E-state index contributed by atoms with van der Waals surface area (Å²) in [6.45, 7) is 0. The van der Waals surface area contributed by atoms with Gasteiger partial charge in [-0.3, -0.25) is 4.79 Å². The second-order valence-corrected chi connectivity index (χ2v) is 7.59. The molecule has 0 fully saturated rings. The highest BCUT2D eigenvalue weighted by atomic mass is 35.5. The van der Waals surface area contributed by atoms with Crippen molar-refractivity contribution in [3.8, 4) is 22.9 Å². The van der Waals surface area contributed by atoms with Crippen molar-refractivity contribution in [3.05, 3.63) is 66.9 Å². The van der Waals surface area contributed by atoms with Crippen LogP contribution in [0.15, 0.2) is 41.2 Å². The number of benzene rings is 2. The molecule has 2 aromatic carbocycles. The minimum atomic E-state index is -0.245. The van der Waals surface area contributed by atoms with Gasteiger partial charge in [0.1, 0.15) is 0 Å². The lowest BCUT2D eigenvalue weighted by Crippen LogP contribution is -2.23. The highest BCUT2D eigenvalue weighted by molar-refractivity contribution is 7.15. The van der Waals surface area contributed by atoms with Crippen LogP contribution in [0.25, 0.3) is 22.4 Å². The zero-order valence-electron chi connectivity index (χ0n) is 14.8. The van der Waals surface area contributed by atoms with E-state index in [1.165, 1.54) is 15.7 Å². The Balaban J connectivity index is 1.91. The Morgan fingerprint density at radius 3 is 2.43 bits per heavy atom. The maximum absolute atomic E-state index is 13.0. The van der Waals surface area contributed by atoms with Crippen molar-refractivity contribution in [3.63, 3.8) is 0 Å². The summed E-state index contributed by atoms with van der Waals surface area (Å²) >= 11 is 13.7. The van der Waals surface area contributed by atoms with E-state index >= 15 is 0 Å². The van der Waals surface area contributed by atoms with Crippen molar-refractivity contribution >= 4 is 45.6 Å². The van der Waals surface area contributed by atoms with Gasteiger partial charge in [-0.25, -0.2) is 4.40 Å². The molecule has 28 heavy (non-hydrogen) atoms. The van der Waals surface area contributed by atoms with E-state index in [1.54, 1.807) is 56.7 Å². The second kappa shape index (κ2) is 7.43. The third kappa shape index (κ3) is 3.11. The predicted molar refractivity (Wildman–Crippen MR) is 111 cm³/mol. The van der Waals surface area contributed by atoms with Crippen molar-refractivity contribution in [1.29, 1.82) is 0 Å². The van der Waals surface area contributed by atoms with Crippen molar-refractivity contribution in [2.75, 3.05) is 14.2 Å². The zero-order chi connectivity index (χ0) is 19.8. The van der Waals surface area contributed by atoms with Crippen molar-refractivity contribution in [2.45, 2.75) is 0 Å². The van der Waals surface area contributed by atoms with E-state index in [4.69, 9.17) is 32.7 Å². The summed E-state index contributed by atoms with van der Waals surface area (Å²) in [5, 5.41) is 9.23. The Morgan fingerprint density at radius 1 is 1.04 bits per heavy atom. The van der Waals surface area contributed by atoms with Gasteiger partial charge in [0.05, 0.1) is 18.8 Å². The monoisotopic (exact) mass is 433 g/mol. The number of aromatic nitrogens is 3. The van der Waals surface area contributed by atoms with Crippen molar-refractivity contribution in [2.24, 2.45) is 0 Å². The van der Waals surface area contributed by atoms with Crippen LogP contribution in [-0.2, 0) is 0 Å². The van der Waals surface area contributed by atoms with E-state index in [2.05, 4.69) is 10.2 Å². The first kappa shape index (κ1) is 18.7. The van der Waals surface area contributed by atoms with E-state index in [-0.39, 0.29) is 5.56 Å². The Kier molecular flexibility index (Phi) is 4.97. The van der Waals surface area contributed by atoms with Gasteiger partial charge in [0.2, 0.25) is 4.96 Å². The molecule has 0 unspecified atom stereocenters. The highest BCUT2D eigenvalue weighted by Gasteiger charge is 2.16. The van der Waals surface area contributed by atoms with Gasteiger partial charge in [0, 0.05) is 21.2 Å². The number of ether oxygens (including phenoxy) is 2. The summed E-state index contributed by atoms with van der Waals surface area (Å²) < 4.78 is 12.5.